The summed E-state index contributed by atoms with van der Waals surface area (Å²) in [6, 6.07) is 7.23. The fraction of sp³-hybridized carbons (Fsp3) is 0.0833. The molecule has 0 aromatic heterocycles. The van der Waals surface area contributed by atoms with Crippen LogP contribution in [0.25, 0.3) is 10.5 Å². The molecule has 78 valence electrons. The molecule has 0 saturated heterocycles. The largest absolute Gasteiger partial charge is 0.349 e. The summed E-state index contributed by atoms with van der Waals surface area (Å²) in [6.45, 7) is 8.35. The average Bonchev–Trinajstić information content (AvgIpc) is 2.58. The Kier molecular flexibility index (Phi) is 2.29. The quantitative estimate of drug-likeness (QED) is 0.549. The minimum absolute atomic E-state index is 0.0506. The first-order valence-corrected chi connectivity index (χ1v) is 4.73. The number of allylic oxidation sites excluding steroid dienone is 1. The van der Waals surface area contributed by atoms with Gasteiger partial charge in [0.2, 0.25) is 0 Å². The third-order valence-corrected chi connectivity index (χ3v) is 2.40. The van der Waals surface area contributed by atoms with E-state index in [0.717, 1.165) is 11.1 Å². The van der Waals surface area contributed by atoms with Gasteiger partial charge in [0, 0.05) is 5.56 Å². The van der Waals surface area contributed by atoms with E-state index in [2.05, 4.69) is 10.2 Å². The fourth-order valence-electron chi connectivity index (χ4n) is 1.68. The second-order valence-corrected chi connectivity index (χ2v) is 3.44. The van der Waals surface area contributed by atoms with Crippen molar-refractivity contribution in [1.82, 2.24) is 5.32 Å². The molecule has 4 nitrogen and oxygen atoms in total. The molecule has 1 aliphatic heterocycles. The minimum Gasteiger partial charge on any atom is -0.349 e. The van der Waals surface area contributed by atoms with Crippen molar-refractivity contribution in [2.24, 2.45) is 0 Å². The van der Waals surface area contributed by atoms with Crippen LogP contribution in [-0.4, -0.2) is 11.6 Å². The van der Waals surface area contributed by atoms with Crippen LogP contribution in [0, 0.1) is 12.0 Å². The van der Waals surface area contributed by atoms with E-state index in [1.54, 1.807) is 12.1 Å². The number of carbonyl (C=O) groups is 1. The smallest absolute Gasteiger partial charge is 0.252 e. The highest BCUT2D eigenvalue weighted by Crippen LogP contribution is 2.27. The Balaban J connectivity index is 2.70. The van der Waals surface area contributed by atoms with Gasteiger partial charge in [0.1, 0.15) is 5.84 Å². The highest BCUT2D eigenvalue weighted by Gasteiger charge is 2.24. The molecule has 2 rings (SSSR count). The molecule has 0 radical (unpaired) electrons. The Hall–Kier alpha value is -2.41. The van der Waals surface area contributed by atoms with Crippen LogP contribution in [0.3, 0.4) is 0 Å². The number of hydrogen-bond acceptors (Lipinski definition) is 2. The fourth-order valence-corrected chi connectivity index (χ4v) is 1.68. The standard InChI is InChI=1S/C12H9N3O/c1-7(16)10(14-2)11-8-5-3-4-6-9(8)12(13)15-11/h3-6H,1H3,(H2,13,15)/b11-10+. The summed E-state index contributed by atoms with van der Waals surface area (Å²) in [5, 5.41) is 10.5. The van der Waals surface area contributed by atoms with E-state index >= 15 is 0 Å². The second-order valence-electron chi connectivity index (χ2n) is 3.44. The van der Waals surface area contributed by atoms with Crippen LogP contribution in [0.2, 0.25) is 0 Å². The summed E-state index contributed by atoms with van der Waals surface area (Å²) in [5.74, 6) is -0.0602. The van der Waals surface area contributed by atoms with Gasteiger partial charge < -0.3 is 10.1 Å². The van der Waals surface area contributed by atoms with Crippen LogP contribution in [-0.2, 0) is 4.79 Å². The Labute approximate surface area is 92.9 Å². The summed E-state index contributed by atoms with van der Waals surface area (Å²) < 4.78 is 0. The van der Waals surface area contributed by atoms with E-state index in [0.29, 0.717) is 5.70 Å². The molecule has 1 aromatic rings. The van der Waals surface area contributed by atoms with Gasteiger partial charge >= 0.3 is 0 Å². The van der Waals surface area contributed by atoms with Gasteiger partial charge in [0.25, 0.3) is 5.70 Å². The highest BCUT2D eigenvalue weighted by molar-refractivity contribution is 6.15. The molecule has 0 amide bonds. The Bertz CT molecular complexity index is 564. The molecule has 1 aromatic carbocycles. The van der Waals surface area contributed by atoms with Gasteiger partial charge in [0.05, 0.1) is 12.3 Å². The first kappa shape index (κ1) is 10.1. The lowest BCUT2D eigenvalue weighted by Crippen LogP contribution is -2.14. The van der Waals surface area contributed by atoms with Crippen LogP contribution < -0.4 is 5.32 Å². The lowest BCUT2D eigenvalue weighted by atomic mass is 10.1. The maximum Gasteiger partial charge on any atom is 0.252 e. The van der Waals surface area contributed by atoms with E-state index in [-0.39, 0.29) is 17.3 Å². The summed E-state index contributed by atoms with van der Waals surface area (Å²) in [5.41, 5.74) is 1.96. The molecule has 0 spiro atoms. The second kappa shape index (κ2) is 3.63. The third-order valence-electron chi connectivity index (χ3n) is 2.40. The van der Waals surface area contributed by atoms with E-state index in [1.165, 1.54) is 6.92 Å². The van der Waals surface area contributed by atoms with Gasteiger partial charge in [-0.15, -0.1) is 0 Å². The molecule has 0 saturated carbocycles. The Morgan fingerprint density at radius 2 is 2.00 bits per heavy atom. The number of carbonyl (C=O) groups excluding carboxylic acids is 1. The third kappa shape index (κ3) is 1.39. The van der Waals surface area contributed by atoms with Gasteiger partial charge in [0.15, 0.2) is 5.78 Å². The highest BCUT2D eigenvalue weighted by atomic mass is 16.1. The van der Waals surface area contributed by atoms with Gasteiger partial charge in [-0.3, -0.25) is 5.41 Å². The summed E-state index contributed by atoms with van der Waals surface area (Å²) in [4.78, 5) is 14.5. The maximum absolute atomic E-state index is 11.3. The predicted molar refractivity (Wildman–Crippen MR) is 60.6 cm³/mol. The molecule has 1 aliphatic rings. The number of benzene rings is 1. The SMILES string of the molecule is [C-]#[N+]/C(C(C)=O)=C1/NC(=N)c2ccccc21. The van der Waals surface area contributed by atoms with Gasteiger partial charge in [-0.25, -0.2) is 4.85 Å². The molecule has 2 N–H and O–H groups in total. The number of fused-ring (bicyclic) bond motifs is 1. The zero-order valence-electron chi connectivity index (χ0n) is 8.66. The molecule has 0 fully saturated rings. The minimum atomic E-state index is -0.290. The van der Waals surface area contributed by atoms with Gasteiger partial charge in [-0.2, -0.15) is 0 Å². The summed E-state index contributed by atoms with van der Waals surface area (Å²) in [7, 11) is 0. The number of nitrogens with one attached hydrogen (secondary N) is 2. The molecule has 0 aliphatic carbocycles. The van der Waals surface area contributed by atoms with E-state index in [4.69, 9.17) is 12.0 Å². The van der Waals surface area contributed by atoms with E-state index < -0.39 is 0 Å². The predicted octanol–water partition coefficient (Wildman–Crippen LogP) is 1.79. The first-order chi connectivity index (χ1) is 7.65. The molecule has 1 heterocycles. The number of nitrogens with zero attached hydrogens (tertiary/aromatic N) is 1. The maximum atomic E-state index is 11.3. The molecule has 4 heteroatoms. The Morgan fingerprint density at radius 1 is 1.38 bits per heavy atom. The summed E-state index contributed by atoms with van der Waals surface area (Å²) >= 11 is 0. The molecule has 0 atom stereocenters. The van der Waals surface area contributed by atoms with E-state index in [1.807, 2.05) is 12.1 Å². The normalized spacial score (nSPS) is 16.1. The zero-order chi connectivity index (χ0) is 11.7. The van der Waals surface area contributed by atoms with Crippen molar-refractivity contribution >= 4 is 17.3 Å². The van der Waals surface area contributed by atoms with Crippen LogP contribution in [0.5, 0.6) is 0 Å². The van der Waals surface area contributed by atoms with Crippen molar-refractivity contribution in [1.29, 1.82) is 5.41 Å². The molecular weight excluding hydrogens is 202 g/mol. The van der Waals surface area contributed by atoms with Crippen molar-refractivity contribution in [3.05, 3.63) is 52.5 Å². The molecular formula is C12H9N3O. The van der Waals surface area contributed by atoms with Crippen molar-refractivity contribution in [2.75, 3.05) is 0 Å². The average molecular weight is 211 g/mol. The van der Waals surface area contributed by atoms with Crippen LogP contribution in [0.4, 0.5) is 0 Å². The topological polar surface area (TPSA) is 57.3 Å². The zero-order valence-corrected chi connectivity index (χ0v) is 8.66. The van der Waals surface area contributed by atoms with Crippen molar-refractivity contribution in [3.63, 3.8) is 0 Å². The van der Waals surface area contributed by atoms with Gasteiger partial charge in [-0.05, 0) is 12.5 Å². The number of hydrogen-bond donors (Lipinski definition) is 2. The Morgan fingerprint density at radius 3 is 2.56 bits per heavy atom. The molecule has 0 bridgehead atoms. The number of rotatable bonds is 1. The number of amidine groups is 1. The molecule has 0 unspecified atom stereocenters. The lowest BCUT2D eigenvalue weighted by molar-refractivity contribution is -0.113. The van der Waals surface area contributed by atoms with Gasteiger partial charge in [-0.1, -0.05) is 24.3 Å². The van der Waals surface area contributed by atoms with E-state index in [9.17, 15) is 4.79 Å². The van der Waals surface area contributed by atoms with Crippen molar-refractivity contribution < 1.29 is 4.79 Å². The van der Waals surface area contributed by atoms with Crippen molar-refractivity contribution in [2.45, 2.75) is 6.92 Å². The first-order valence-electron chi connectivity index (χ1n) is 4.73. The monoisotopic (exact) mass is 211 g/mol. The number of Topliss-reactive ketones (excluding diaryl/α,β-unsaturated/α-hetero) is 1. The van der Waals surface area contributed by atoms with Crippen molar-refractivity contribution in [3.8, 4) is 0 Å². The summed E-state index contributed by atoms with van der Waals surface area (Å²) in [6.07, 6.45) is 0. The van der Waals surface area contributed by atoms with Crippen LogP contribution in [0.15, 0.2) is 30.0 Å². The van der Waals surface area contributed by atoms with Crippen LogP contribution in [0.1, 0.15) is 18.1 Å². The molecule has 16 heavy (non-hydrogen) atoms. The van der Waals surface area contributed by atoms with Crippen LogP contribution >= 0.6 is 0 Å². The number of ketones is 1. The lowest BCUT2D eigenvalue weighted by Gasteiger charge is -2.01.